The van der Waals surface area contributed by atoms with Crippen molar-refractivity contribution < 1.29 is 4.79 Å². The monoisotopic (exact) mass is 277 g/mol. The molecule has 0 atom stereocenters. The number of hydrogen-bond acceptors (Lipinski definition) is 2. The number of Topliss-reactive ketones (excluding diaryl/α,β-unsaturated/α-hetero) is 1. The largest absolute Gasteiger partial charge is 0.311 e. The van der Waals surface area contributed by atoms with Crippen LogP contribution in [0.5, 0.6) is 0 Å². The molecule has 0 aliphatic carbocycles. The van der Waals surface area contributed by atoms with Gasteiger partial charge in [-0.15, -0.1) is 0 Å². The number of ketones is 1. The van der Waals surface area contributed by atoms with Crippen molar-refractivity contribution in [3.8, 4) is 0 Å². The van der Waals surface area contributed by atoms with Gasteiger partial charge in [-0.3, -0.25) is 9.59 Å². The first kappa shape index (κ1) is 13.3. The van der Waals surface area contributed by atoms with Crippen molar-refractivity contribution in [2.75, 3.05) is 0 Å². The lowest BCUT2D eigenvalue weighted by Crippen LogP contribution is -2.20. The molecule has 2 aromatic carbocycles. The highest BCUT2D eigenvalue weighted by molar-refractivity contribution is 5.93. The average molecular weight is 277 g/mol. The van der Waals surface area contributed by atoms with E-state index in [0.29, 0.717) is 12.1 Å². The third kappa shape index (κ3) is 2.77. The predicted molar refractivity (Wildman–Crippen MR) is 83.8 cm³/mol. The summed E-state index contributed by atoms with van der Waals surface area (Å²) in [6.45, 7) is 1.96. The van der Waals surface area contributed by atoms with Crippen LogP contribution in [0.2, 0.25) is 0 Å². The van der Waals surface area contributed by atoms with Crippen LogP contribution in [0.15, 0.2) is 65.6 Å². The van der Waals surface area contributed by atoms with E-state index in [9.17, 15) is 9.59 Å². The maximum Gasteiger partial charge on any atom is 0.251 e. The van der Waals surface area contributed by atoms with Gasteiger partial charge in [0.15, 0.2) is 5.78 Å². The van der Waals surface area contributed by atoms with E-state index >= 15 is 0 Å². The molecule has 0 fully saturated rings. The minimum Gasteiger partial charge on any atom is -0.311 e. The van der Waals surface area contributed by atoms with E-state index < -0.39 is 0 Å². The van der Waals surface area contributed by atoms with Crippen LogP contribution in [-0.2, 0) is 6.54 Å². The zero-order chi connectivity index (χ0) is 14.8. The molecule has 0 aliphatic rings. The van der Waals surface area contributed by atoms with Crippen molar-refractivity contribution >= 4 is 16.6 Å². The van der Waals surface area contributed by atoms with E-state index in [2.05, 4.69) is 24.3 Å². The summed E-state index contributed by atoms with van der Waals surface area (Å²) >= 11 is 0. The first-order valence-corrected chi connectivity index (χ1v) is 6.82. The standard InChI is InChI=1S/C18H15NO2/c1-13(20)16-8-9-19(18(21)11-16)12-14-6-7-15-4-2-3-5-17(15)10-14/h2-11H,12H2,1H3. The number of nitrogens with zero attached hydrogens (tertiary/aromatic N) is 1. The van der Waals surface area contributed by atoms with E-state index in [1.807, 2.05) is 18.2 Å². The number of hydrogen-bond donors (Lipinski definition) is 0. The van der Waals surface area contributed by atoms with Crippen LogP contribution in [0.3, 0.4) is 0 Å². The first-order chi connectivity index (χ1) is 10.1. The van der Waals surface area contributed by atoms with Crippen molar-refractivity contribution in [2.24, 2.45) is 0 Å². The lowest BCUT2D eigenvalue weighted by molar-refractivity contribution is 0.101. The number of pyridine rings is 1. The summed E-state index contributed by atoms with van der Waals surface area (Å²) in [7, 11) is 0. The number of fused-ring (bicyclic) bond motifs is 1. The molecule has 0 spiro atoms. The topological polar surface area (TPSA) is 39.1 Å². The van der Waals surface area contributed by atoms with Crippen LogP contribution in [0, 0.1) is 0 Å². The van der Waals surface area contributed by atoms with Gasteiger partial charge in [0.05, 0.1) is 6.54 Å². The fourth-order valence-corrected chi connectivity index (χ4v) is 2.39. The number of carbonyl (C=O) groups is 1. The minimum atomic E-state index is -0.157. The van der Waals surface area contributed by atoms with Crippen LogP contribution >= 0.6 is 0 Å². The Bertz CT molecular complexity index is 878. The van der Waals surface area contributed by atoms with Crippen LogP contribution in [-0.4, -0.2) is 10.4 Å². The molecule has 104 valence electrons. The summed E-state index contributed by atoms with van der Waals surface area (Å²) in [6, 6.07) is 17.4. The van der Waals surface area contributed by atoms with Gasteiger partial charge in [-0.05, 0) is 35.4 Å². The van der Waals surface area contributed by atoms with Crippen LogP contribution < -0.4 is 5.56 Å². The summed E-state index contributed by atoms with van der Waals surface area (Å²) in [5.74, 6) is -0.0926. The second-order valence-corrected chi connectivity index (χ2v) is 5.12. The molecule has 0 radical (unpaired) electrons. The number of carbonyl (C=O) groups excluding carboxylic acids is 1. The molecule has 0 unspecified atom stereocenters. The molecule has 1 heterocycles. The summed E-state index contributed by atoms with van der Waals surface area (Å²) in [6.07, 6.45) is 1.67. The van der Waals surface area contributed by atoms with Crippen molar-refractivity contribution in [3.63, 3.8) is 0 Å². The predicted octanol–water partition coefficient (Wildman–Crippen LogP) is 3.25. The van der Waals surface area contributed by atoms with Crippen LogP contribution in [0.1, 0.15) is 22.8 Å². The van der Waals surface area contributed by atoms with Crippen molar-refractivity contribution in [3.05, 3.63) is 82.3 Å². The highest BCUT2D eigenvalue weighted by atomic mass is 16.1. The zero-order valence-electron chi connectivity index (χ0n) is 11.7. The molecule has 0 N–H and O–H groups in total. The molecular formula is C18H15NO2. The molecule has 21 heavy (non-hydrogen) atoms. The Balaban J connectivity index is 1.95. The van der Waals surface area contributed by atoms with Crippen molar-refractivity contribution in [1.29, 1.82) is 0 Å². The molecule has 0 amide bonds. The Morgan fingerprint density at radius 2 is 1.76 bits per heavy atom. The Labute approximate surface area is 122 Å². The molecule has 3 rings (SSSR count). The summed E-state index contributed by atoms with van der Waals surface area (Å²) in [5.41, 5.74) is 1.36. The van der Waals surface area contributed by atoms with E-state index in [-0.39, 0.29) is 11.3 Å². The molecule has 3 aromatic rings. The number of rotatable bonds is 3. The maximum atomic E-state index is 12.0. The number of benzene rings is 2. The molecule has 3 nitrogen and oxygen atoms in total. The van der Waals surface area contributed by atoms with E-state index in [4.69, 9.17) is 0 Å². The molecule has 0 saturated carbocycles. The zero-order valence-corrected chi connectivity index (χ0v) is 11.7. The van der Waals surface area contributed by atoms with Gasteiger partial charge < -0.3 is 4.57 Å². The molecule has 1 aromatic heterocycles. The fraction of sp³-hybridized carbons (Fsp3) is 0.111. The van der Waals surface area contributed by atoms with Gasteiger partial charge in [0.1, 0.15) is 0 Å². The van der Waals surface area contributed by atoms with Gasteiger partial charge in [0.25, 0.3) is 5.56 Å². The second-order valence-electron chi connectivity index (χ2n) is 5.12. The fourth-order valence-electron chi connectivity index (χ4n) is 2.39. The van der Waals surface area contributed by atoms with Gasteiger partial charge in [-0.25, -0.2) is 0 Å². The van der Waals surface area contributed by atoms with Crippen molar-refractivity contribution in [2.45, 2.75) is 13.5 Å². The van der Waals surface area contributed by atoms with Gasteiger partial charge in [-0.1, -0.05) is 36.4 Å². The van der Waals surface area contributed by atoms with Gasteiger partial charge in [-0.2, -0.15) is 0 Å². The van der Waals surface area contributed by atoms with E-state index in [1.165, 1.54) is 18.4 Å². The lowest BCUT2D eigenvalue weighted by Gasteiger charge is -2.07. The second kappa shape index (κ2) is 5.37. The summed E-state index contributed by atoms with van der Waals surface area (Å²) in [5, 5.41) is 2.34. The third-order valence-electron chi connectivity index (χ3n) is 3.57. The smallest absolute Gasteiger partial charge is 0.251 e. The SMILES string of the molecule is CC(=O)c1ccn(Cc2ccc3ccccc3c2)c(=O)c1. The Morgan fingerprint density at radius 1 is 1.00 bits per heavy atom. The summed E-state index contributed by atoms with van der Waals surface area (Å²) in [4.78, 5) is 23.3. The average Bonchev–Trinajstić information content (AvgIpc) is 2.49. The quantitative estimate of drug-likeness (QED) is 0.689. The summed E-state index contributed by atoms with van der Waals surface area (Å²) < 4.78 is 1.61. The highest BCUT2D eigenvalue weighted by Gasteiger charge is 2.04. The molecular weight excluding hydrogens is 262 g/mol. The Hall–Kier alpha value is -2.68. The van der Waals surface area contributed by atoms with Crippen molar-refractivity contribution in [1.82, 2.24) is 4.57 Å². The molecule has 0 aliphatic heterocycles. The molecule has 0 bridgehead atoms. The van der Waals surface area contributed by atoms with Crippen LogP contribution in [0.4, 0.5) is 0 Å². The maximum absolute atomic E-state index is 12.0. The number of aromatic nitrogens is 1. The molecule has 0 saturated heterocycles. The first-order valence-electron chi connectivity index (χ1n) is 6.82. The Morgan fingerprint density at radius 3 is 2.48 bits per heavy atom. The molecule has 3 heteroatoms. The normalized spacial score (nSPS) is 10.7. The lowest BCUT2D eigenvalue weighted by atomic mass is 10.1. The van der Waals surface area contributed by atoms with E-state index in [0.717, 1.165) is 10.9 Å². The Kier molecular flexibility index (Phi) is 3.40. The van der Waals surface area contributed by atoms with Gasteiger partial charge >= 0.3 is 0 Å². The van der Waals surface area contributed by atoms with Crippen LogP contribution in [0.25, 0.3) is 10.8 Å². The van der Waals surface area contributed by atoms with Gasteiger partial charge in [0, 0.05) is 17.8 Å². The van der Waals surface area contributed by atoms with Gasteiger partial charge in [0.2, 0.25) is 0 Å². The third-order valence-corrected chi connectivity index (χ3v) is 3.57. The van der Waals surface area contributed by atoms with E-state index in [1.54, 1.807) is 16.8 Å². The minimum absolute atomic E-state index is 0.0926. The highest BCUT2D eigenvalue weighted by Crippen LogP contribution is 2.16.